The van der Waals surface area contributed by atoms with Crippen molar-refractivity contribution in [3.05, 3.63) is 64.4 Å². The van der Waals surface area contributed by atoms with Crippen molar-refractivity contribution in [2.45, 2.75) is 45.5 Å². The van der Waals surface area contributed by atoms with Crippen LogP contribution in [0.1, 0.15) is 36.9 Å². The number of halogens is 1. The number of ether oxygens (including phenoxy) is 1. The molecule has 0 radical (unpaired) electrons. The molecule has 0 aliphatic carbocycles. The maximum Gasteiger partial charge on any atom is 0.234 e. The molecular formula is C22H25ClN4O2S. The maximum absolute atomic E-state index is 12.3. The van der Waals surface area contributed by atoms with Gasteiger partial charge < -0.3 is 14.6 Å². The maximum atomic E-state index is 12.3. The Morgan fingerprint density at radius 1 is 1.20 bits per heavy atom. The van der Waals surface area contributed by atoms with Crippen molar-refractivity contribution in [2.75, 3.05) is 11.1 Å². The van der Waals surface area contributed by atoms with Crippen molar-refractivity contribution >= 4 is 35.0 Å². The number of carbonyl (C=O) groups is 1. The average molecular weight is 445 g/mol. The zero-order valence-corrected chi connectivity index (χ0v) is 19.0. The Bertz CT molecular complexity index is 1040. The third kappa shape index (κ3) is 5.55. The molecule has 6 nitrogen and oxygen atoms in total. The number of carbonyl (C=O) groups excluding carboxylic acids is 1. The number of thioether (sulfide) groups is 1. The number of anilines is 1. The Balaban J connectivity index is 1.64. The van der Waals surface area contributed by atoms with Crippen LogP contribution >= 0.6 is 23.4 Å². The smallest absolute Gasteiger partial charge is 0.234 e. The van der Waals surface area contributed by atoms with Gasteiger partial charge in [0, 0.05) is 17.3 Å². The lowest BCUT2D eigenvalue weighted by atomic mass is 10.1. The van der Waals surface area contributed by atoms with E-state index in [4.69, 9.17) is 16.3 Å². The minimum atomic E-state index is -0.269. The average Bonchev–Trinajstić information content (AvgIpc) is 3.12. The van der Waals surface area contributed by atoms with Gasteiger partial charge in [-0.1, -0.05) is 35.5 Å². The molecule has 1 atom stereocenters. The first-order valence-corrected chi connectivity index (χ1v) is 11.1. The number of aryl methyl sites for hydroxylation is 2. The highest BCUT2D eigenvalue weighted by molar-refractivity contribution is 7.99. The number of nitrogens with one attached hydrogen (secondary N) is 1. The van der Waals surface area contributed by atoms with E-state index in [0.29, 0.717) is 22.4 Å². The standard InChI is InChI=1S/C22H25ClN4O2S/c1-5-27-21(16(4)29-19-10-9-14(2)15(3)11-19)25-26-22(27)30-13-20(28)24-18-8-6-7-17(23)12-18/h6-12,16H,5,13H2,1-4H3,(H,24,28). The molecule has 0 bridgehead atoms. The van der Waals surface area contributed by atoms with Crippen LogP contribution in [0.2, 0.25) is 5.02 Å². The molecule has 8 heteroatoms. The first-order chi connectivity index (χ1) is 14.4. The Morgan fingerprint density at radius 2 is 2.00 bits per heavy atom. The Hall–Kier alpha value is -2.51. The molecule has 0 fully saturated rings. The van der Waals surface area contributed by atoms with Gasteiger partial charge in [0.2, 0.25) is 5.91 Å². The van der Waals surface area contributed by atoms with Crippen LogP contribution < -0.4 is 10.1 Å². The number of aromatic nitrogens is 3. The largest absolute Gasteiger partial charge is 0.483 e. The third-order valence-electron chi connectivity index (χ3n) is 4.66. The quantitative estimate of drug-likeness (QED) is 0.468. The predicted molar refractivity (Wildman–Crippen MR) is 121 cm³/mol. The van der Waals surface area contributed by atoms with Crippen LogP contribution in [0.25, 0.3) is 0 Å². The number of rotatable bonds is 8. The van der Waals surface area contributed by atoms with Gasteiger partial charge in [-0.3, -0.25) is 4.79 Å². The van der Waals surface area contributed by atoms with Gasteiger partial charge in [-0.25, -0.2) is 0 Å². The van der Waals surface area contributed by atoms with Gasteiger partial charge in [0.1, 0.15) is 5.75 Å². The van der Waals surface area contributed by atoms with Crippen molar-refractivity contribution in [3.8, 4) is 5.75 Å². The van der Waals surface area contributed by atoms with Gasteiger partial charge in [-0.2, -0.15) is 0 Å². The number of hydrogen-bond donors (Lipinski definition) is 1. The van der Waals surface area contributed by atoms with E-state index in [1.165, 1.54) is 22.9 Å². The molecule has 1 unspecified atom stereocenters. The highest BCUT2D eigenvalue weighted by Crippen LogP contribution is 2.26. The Kier molecular flexibility index (Phi) is 7.39. The molecule has 3 rings (SSSR count). The fourth-order valence-electron chi connectivity index (χ4n) is 2.94. The van der Waals surface area contributed by atoms with Crippen LogP contribution in [-0.2, 0) is 11.3 Å². The van der Waals surface area contributed by atoms with Gasteiger partial charge in [0.25, 0.3) is 0 Å². The van der Waals surface area contributed by atoms with E-state index in [2.05, 4.69) is 29.4 Å². The number of benzene rings is 2. The minimum Gasteiger partial charge on any atom is -0.483 e. The topological polar surface area (TPSA) is 69.0 Å². The first kappa shape index (κ1) is 22.2. The molecule has 3 aromatic rings. The first-order valence-electron chi connectivity index (χ1n) is 9.72. The fraction of sp³-hybridized carbons (Fsp3) is 0.318. The van der Waals surface area contributed by atoms with E-state index in [1.54, 1.807) is 24.3 Å². The summed E-state index contributed by atoms with van der Waals surface area (Å²) in [4.78, 5) is 12.3. The van der Waals surface area contributed by atoms with Crippen LogP contribution in [0.5, 0.6) is 5.75 Å². The Morgan fingerprint density at radius 3 is 2.70 bits per heavy atom. The third-order valence-corrected chi connectivity index (χ3v) is 5.86. The molecule has 30 heavy (non-hydrogen) atoms. The van der Waals surface area contributed by atoms with Crippen LogP contribution in [0.15, 0.2) is 47.6 Å². The summed E-state index contributed by atoms with van der Waals surface area (Å²) < 4.78 is 8.06. The fourth-order valence-corrected chi connectivity index (χ4v) is 3.94. The molecule has 158 valence electrons. The van der Waals surface area contributed by atoms with Crippen molar-refractivity contribution in [3.63, 3.8) is 0 Å². The van der Waals surface area contributed by atoms with E-state index >= 15 is 0 Å². The summed E-state index contributed by atoms with van der Waals surface area (Å²) >= 11 is 7.30. The molecule has 0 saturated carbocycles. The Labute approximate surface area is 186 Å². The summed E-state index contributed by atoms with van der Waals surface area (Å²) in [5, 5.41) is 12.7. The minimum absolute atomic E-state index is 0.131. The summed E-state index contributed by atoms with van der Waals surface area (Å²) in [5.74, 6) is 1.62. The van der Waals surface area contributed by atoms with Crippen LogP contribution in [0.4, 0.5) is 5.69 Å². The zero-order valence-electron chi connectivity index (χ0n) is 17.5. The molecule has 1 amide bonds. The van der Waals surface area contributed by atoms with E-state index < -0.39 is 0 Å². The van der Waals surface area contributed by atoms with Crippen molar-refractivity contribution in [2.24, 2.45) is 0 Å². The van der Waals surface area contributed by atoms with Gasteiger partial charge >= 0.3 is 0 Å². The van der Waals surface area contributed by atoms with E-state index in [0.717, 1.165) is 11.6 Å². The number of nitrogens with zero attached hydrogens (tertiary/aromatic N) is 3. The van der Waals surface area contributed by atoms with Gasteiger partial charge in [0.15, 0.2) is 17.1 Å². The number of hydrogen-bond acceptors (Lipinski definition) is 5. The second-order valence-corrected chi connectivity index (χ2v) is 8.32. The lowest BCUT2D eigenvalue weighted by Gasteiger charge is -2.16. The highest BCUT2D eigenvalue weighted by Gasteiger charge is 2.19. The molecule has 2 aromatic carbocycles. The molecule has 0 spiro atoms. The van der Waals surface area contributed by atoms with Crippen molar-refractivity contribution in [1.82, 2.24) is 14.8 Å². The monoisotopic (exact) mass is 444 g/mol. The van der Waals surface area contributed by atoms with Crippen molar-refractivity contribution < 1.29 is 9.53 Å². The van der Waals surface area contributed by atoms with Crippen LogP contribution in [0.3, 0.4) is 0 Å². The van der Waals surface area contributed by atoms with Gasteiger partial charge in [0.05, 0.1) is 5.75 Å². The lowest BCUT2D eigenvalue weighted by Crippen LogP contribution is -2.15. The molecule has 0 saturated heterocycles. The van der Waals surface area contributed by atoms with E-state index in [9.17, 15) is 4.79 Å². The van der Waals surface area contributed by atoms with E-state index in [1.807, 2.05) is 36.6 Å². The second kappa shape index (κ2) is 10.00. The van der Waals surface area contributed by atoms with Gasteiger partial charge in [-0.05, 0) is 69.2 Å². The summed E-state index contributed by atoms with van der Waals surface area (Å²) in [6.45, 7) is 8.78. The zero-order chi connectivity index (χ0) is 21.7. The van der Waals surface area contributed by atoms with Crippen LogP contribution in [-0.4, -0.2) is 26.4 Å². The molecule has 1 N–H and O–H groups in total. The van der Waals surface area contributed by atoms with Gasteiger partial charge in [-0.15, -0.1) is 10.2 Å². The molecule has 0 aliphatic heterocycles. The summed E-state index contributed by atoms with van der Waals surface area (Å²) in [5.41, 5.74) is 3.07. The highest BCUT2D eigenvalue weighted by atomic mass is 35.5. The molecule has 1 heterocycles. The molecule has 1 aromatic heterocycles. The summed E-state index contributed by atoms with van der Waals surface area (Å²) in [6.07, 6.45) is -0.269. The number of amides is 1. The van der Waals surface area contributed by atoms with Crippen molar-refractivity contribution in [1.29, 1.82) is 0 Å². The van der Waals surface area contributed by atoms with E-state index in [-0.39, 0.29) is 17.8 Å². The SMILES string of the molecule is CCn1c(SCC(=O)Nc2cccc(Cl)c2)nnc1C(C)Oc1ccc(C)c(C)c1. The molecule has 0 aliphatic rings. The summed E-state index contributed by atoms with van der Waals surface area (Å²) in [7, 11) is 0. The normalized spacial score (nSPS) is 11.9. The summed E-state index contributed by atoms with van der Waals surface area (Å²) in [6, 6.07) is 13.1. The molecular weight excluding hydrogens is 420 g/mol. The second-order valence-electron chi connectivity index (χ2n) is 6.94. The van der Waals surface area contributed by atoms with Crippen LogP contribution in [0, 0.1) is 13.8 Å². The predicted octanol–water partition coefficient (Wildman–Crippen LogP) is 5.44. The lowest BCUT2D eigenvalue weighted by molar-refractivity contribution is -0.113.